The number of ether oxygens (including phenoxy) is 1. The zero-order valence-corrected chi connectivity index (χ0v) is 36.5. The van der Waals surface area contributed by atoms with Crippen LogP contribution in [-0.2, 0) is 14.3 Å². The van der Waals surface area contributed by atoms with Crippen LogP contribution in [0.1, 0.15) is 207 Å². The SMILES string of the molecule is CC/C=C/C/C=C/C/C=C/C/C=C/C/C=C/CCC(=O)OC(CCC/C=C\CCCCCCCCC)CC(=O)NC(CO)C(O)CCCCCCCCCCC. The van der Waals surface area contributed by atoms with E-state index >= 15 is 0 Å². The quantitative estimate of drug-likeness (QED) is 0.0327. The highest BCUT2D eigenvalue weighted by molar-refractivity contribution is 5.77. The van der Waals surface area contributed by atoms with Gasteiger partial charge in [-0.3, -0.25) is 9.59 Å². The minimum atomic E-state index is -0.806. The van der Waals surface area contributed by atoms with Crippen molar-refractivity contribution in [1.82, 2.24) is 5.32 Å². The number of aliphatic hydroxyl groups is 2. The summed E-state index contributed by atoms with van der Waals surface area (Å²) < 4.78 is 5.84. The highest BCUT2D eigenvalue weighted by Crippen LogP contribution is 2.16. The van der Waals surface area contributed by atoms with Gasteiger partial charge in [0.1, 0.15) is 6.10 Å². The second kappa shape index (κ2) is 43.4. The molecule has 0 aliphatic carbocycles. The van der Waals surface area contributed by atoms with Crippen molar-refractivity contribution in [2.24, 2.45) is 0 Å². The number of allylic oxidation sites excluding steroid dienone is 12. The third-order valence-electron chi connectivity index (χ3n) is 10.0. The van der Waals surface area contributed by atoms with Gasteiger partial charge < -0.3 is 20.3 Å². The molecule has 0 fully saturated rings. The molecular weight excluding hydrogens is 695 g/mol. The Balaban J connectivity index is 4.75. The molecule has 0 aromatic heterocycles. The molecule has 1 amide bonds. The molecule has 0 spiro atoms. The van der Waals surface area contributed by atoms with Crippen LogP contribution in [0.15, 0.2) is 72.9 Å². The molecule has 0 aromatic carbocycles. The zero-order chi connectivity index (χ0) is 41.0. The zero-order valence-electron chi connectivity index (χ0n) is 36.5. The number of amides is 1. The third-order valence-corrected chi connectivity index (χ3v) is 10.0. The van der Waals surface area contributed by atoms with Crippen molar-refractivity contribution >= 4 is 11.9 Å². The molecule has 322 valence electrons. The fraction of sp³-hybridized carbons (Fsp3) is 0.720. The molecular formula is C50H87NO5. The van der Waals surface area contributed by atoms with Gasteiger partial charge in [0.15, 0.2) is 0 Å². The average Bonchev–Trinajstić information content (AvgIpc) is 3.19. The second-order valence-corrected chi connectivity index (χ2v) is 15.4. The summed E-state index contributed by atoms with van der Waals surface area (Å²) in [5.74, 6) is -0.609. The molecule has 0 heterocycles. The Morgan fingerprint density at radius 1 is 0.536 bits per heavy atom. The summed E-state index contributed by atoms with van der Waals surface area (Å²) in [6.45, 7) is 6.30. The minimum Gasteiger partial charge on any atom is -0.462 e. The van der Waals surface area contributed by atoms with Crippen LogP contribution in [-0.4, -0.2) is 46.9 Å². The van der Waals surface area contributed by atoms with Crippen molar-refractivity contribution in [3.05, 3.63) is 72.9 Å². The van der Waals surface area contributed by atoms with Crippen LogP contribution >= 0.6 is 0 Å². The monoisotopic (exact) mass is 782 g/mol. The Bertz CT molecular complexity index is 1060. The van der Waals surface area contributed by atoms with E-state index in [4.69, 9.17) is 4.74 Å². The molecule has 0 aliphatic rings. The van der Waals surface area contributed by atoms with E-state index in [2.05, 4.69) is 92.9 Å². The Morgan fingerprint density at radius 3 is 1.50 bits per heavy atom. The van der Waals surface area contributed by atoms with Crippen LogP contribution in [0.2, 0.25) is 0 Å². The molecule has 3 atom stereocenters. The van der Waals surface area contributed by atoms with E-state index in [1.165, 1.54) is 83.5 Å². The summed E-state index contributed by atoms with van der Waals surface area (Å²) in [5, 5.41) is 23.6. The normalized spacial score (nSPS) is 14.0. The molecule has 0 aliphatic heterocycles. The highest BCUT2D eigenvalue weighted by Gasteiger charge is 2.23. The number of hydrogen-bond donors (Lipinski definition) is 3. The van der Waals surface area contributed by atoms with Gasteiger partial charge in [0.05, 0.1) is 25.2 Å². The first-order valence-corrected chi connectivity index (χ1v) is 23.2. The summed E-state index contributed by atoms with van der Waals surface area (Å²) in [6, 6.07) is -0.724. The van der Waals surface area contributed by atoms with Gasteiger partial charge in [0.25, 0.3) is 0 Å². The number of nitrogens with one attached hydrogen (secondary N) is 1. The minimum absolute atomic E-state index is 0.0242. The number of carbonyl (C=O) groups is 2. The van der Waals surface area contributed by atoms with Crippen LogP contribution in [0.5, 0.6) is 0 Å². The van der Waals surface area contributed by atoms with E-state index in [9.17, 15) is 19.8 Å². The van der Waals surface area contributed by atoms with Gasteiger partial charge in [-0.25, -0.2) is 0 Å². The average molecular weight is 782 g/mol. The first-order chi connectivity index (χ1) is 27.5. The van der Waals surface area contributed by atoms with Crippen molar-refractivity contribution < 1.29 is 24.5 Å². The molecule has 3 N–H and O–H groups in total. The van der Waals surface area contributed by atoms with Crippen LogP contribution in [0, 0.1) is 0 Å². The van der Waals surface area contributed by atoms with Gasteiger partial charge in [-0.1, -0.05) is 190 Å². The van der Waals surface area contributed by atoms with Crippen molar-refractivity contribution in [3.63, 3.8) is 0 Å². The number of unbranched alkanes of at least 4 members (excludes halogenated alkanes) is 16. The first-order valence-electron chi connectivity index (χ1n) is 23.2. The van der Waals surface area contributed by atoms with Gasteiger partial charge in [-0.05, 0) is 77.0 Å². The number of carbonyl (C=O) groups excluding carboxylic acids is 2. The van der Waals surface area contributed by atoms with Gasteiger partial charge in [-0.2, -0.15) is 0 Å². The van der Waals surface area contributed by atoms with Crippen molar-refractivity contribution in [2.75, 3.05) is 6.61 Å². The van der Waals surface area contributed by atoms with Gasteiger partial charge in [-0.15, -0.1) is 0 Å². The van der Waals surface area contributed by atoms with Gasteiger partial charge in [0.2, 0.25) is 5.91 Å². The second-order valence-electron chi connectivity index (χ2n) is 15.4. The number of rotatable bonds is 40. The maximum absolute atomic E-state index is 13.1. The molecule has 6 nitrogen and oxygen atoms in total. The highest BCUT2D eigenvalue weighted by atomic mass is 16.5. The Kier molecular flexibility index (Phi) is 41.3. The Labute approximate surface area is 345 Å². The van der Waals surface area contributed by atoms with Crippen LogP contribution in [0.25, 0.3) is 0 Å². The lowest BCUT2D eigenvalue weighted by Gasteiger charge is -2.24. The number of aliphatic hydroxyl groups excluding tert-OH is 2. The van der Waals surface area contributed by atoms with E-state index in [0.717, 1.165) is 70.6 Å². The van der Waals surface area contributed by atoms with Crippen molar-refractivity contribution in [3.8, 4) is 0 Å². The molecule has 0 saturated carbocycles. The maximum Gasteiger partial charge on any atom is 0.306 e. The smallest absolute Gasteiger partial charge is 0.306 e. The van der Waals surface area contributed by atoms with Crippen LogP contribution in [0.3, 0.4) is 0 Å². The summed E-state index contributed by atoms with van der Waals surface area (Å²) in [6.07, 6.45) is 54.0. The molecule has 0 bridgehead atoms. The van der Waals surface area contributed by atoms with E-state index in [0.29, 0.717) is 19.3 Å². The van der Waals surface area contributed by atoms with Crippen LogP contribution < -0.4 is 5.32 Å². The Morgan fingerprint density at radius 2 is 0.982 bits per heavy atom. The molecule has 0 radical (unpaired) electrons. The molecule has 3 unspecified atom stereocenters. The lowest BCUT2D eigenvalue weighted by atomic mass is 10.0. The van der Waals surface area contributed by atoms with Gasteiger partial charge in [0, 0.05) is 6.42 Å². The topological polar surface area (TPSA) is 95.9 Å². The molecule has 56 heavy (non-hydrogen) atoms. The van der Waals surface area contributed by atoms with Gasteiger partial charge >= 0.3 is 5.97 Å². The fourth-order valence-electron chi connectivity index (χ4n) is 6.54. The lowest BCUT2D eigenvalue weighted by molar-refractivity contribution is -0.150. The Hall–Kier alpha value is -2.70. The maximum atomic E-state index is 13.1. The summed E-state index contributed by atoms with van der Waals surface area (Å²) in [7, 11) is 0. The molecule has 6 heteroatoms. The number of hydrogen-bond acceptors (Lipinski definition) is 5. The fourth-order valence-corrected chi connectivity index (χ4v) is 6.54. The number of esters is 1. The summed E-state index contributed by atoms with van der Waals surface area (Å²) in [4.78, 5) is 25.9. The van der Waals surface area contributed by atoms with E-state index in [-0.39, 0.29) is 31.3 Å². The lowest BCUT2D eigenvalue weighted by Crippen LogP contribution is -2.46. The molecule has 0 saturated heterocycles. The predicted octanol–water partition coefficient (Wildman–Crippen LogP) is 13.4. The summed E-state index contributed by atoms with van der Waals surface area (Å²) >= 11 is 0. The largest absolute Gasteiger partial charge is 0.462 e. The van der Waals surface area contributed by atoms with Crippen molar-refractivity contribution in [2.45, 2.75) is 225 Å². The van der Waals surface area contributed by atoms with E-state index in [1.807, 2.05) is 6.08 Å². The molecule has 0 rings (SSSR count). The predicted molar refractivity (Wildman–Crippen MR) is 241 cm³/mol. The summed E-state index contributed by atoms with van der Waals surface area (Å²) in [5.41, 5.74) is 0. The van der Waals surface area contributed by atoms with Crippen LogP contribution in [0.4, 0.5) is 0 Å². The third kappa shape index (κ3) is 38.2. The van der Waals surface area contributed by atoms with E-state index in [1.54, 1.807) is 0 Å². The first kappa shape index (κ1) is 53.3. The molecule has 0 aromatic rings. The van der Waals surface area contributed by atoms with E-state index < -0.39 is 18.2 Å². The standard InChI is InChI=1S/C50H87NO5/c1-4-7-10-13-16-19-21-23-24-25-26-28-31-34-37-40-43-50(55)56-46(41-38-35-32-30-27-22-20-17-14-11-8-5-2)44-49(54)51-47(45-52)48(53)42-39-36-33-29-18-15-12-9-6-3/h7,10,16,19,23-24,26,28,30,32,34,37,46-48,52-53H,4-6,8-9,11-15,17-18,20-22,25,27,29,31,33,35-36,38-45H2,1-3H3,(H,51,54)/b10-7+,19-16+,24-23+,28-26+,32-30-,37-34+. The van der Waals surface area contributed by atoms with Crippen molar-refractivity contribution in [1.29, 1.82) is 0 Å².